The molecule has 1 N–H and O–H groups in total. The summed E-state index contributed by atoms with van der Waals surface area (Å²) < 4.78 is 43.1. The molecule has 0 saturated carbocycles. The van der Waals surface area contributed by atoms with Gasteiger partial charge in [-0.25, -0.2) is 4.68 Å². The zero-order valence-electron chi connectivity index (χ0n) is 19.9. The second-order valence-corrected chi connectivity index (χ2v) is 7.97. The number of carbonyl (C=O) groups excluding carboxylic acids is 2. The van der Waals surface area contributed by atoms with Crippen LogP contribution in [0.3, 0.4) is 0 Å². The van der Waals surface area contributed by atoms with Gasteiger partial charge in [-0.1, -0.05) is 26.0 Å². The van der Waals surface area contributed by atoms with Gasteiger partial charge in [-0.3, -0.25) is 14.6 Å². The number of carbonyl (C=O) groups is 2. The van der Waals surface area contributed by atoms with Crippen molar-refractivity contribution in [3.63, 3.8) is 0 Å². The third kappa shape index (κ3) is 4.53. The summed E-state index contributed by atoms with van der Waals surface area (Å²) in [6.07, 6.45) is -1.76. The van der Waals surface area contributed by atoms with Gasteiger partial charge in [0.25, 0.3) is 11.8 Å². The van der Waals surface area contributed by atoms with E-state index in [2.05, 4.69) is 15.4 Å². The molecule has 0 atom stereocenters. The van der Waals surface area contributed by atoms with E-state index in [-0.39, 0.29) is 17.3 Å². The van der Waals surface area contributed by atoms with Crippen LogP contribution in [0.2, 0.25) is 0 Å². The highest BCUT2D eigenvalue weighted by Crippen LogP contribution is 2.35. The van der Waals surface area contributed by atoms with Crippen molar-refractivity contribution >= 4 is 28.4 Å². The molecule has 0 bridgehead atoms. The van der Waals surface area contributed by atoms with E-state index in [1.807, 2.05) is 13.8 Å². The topological polar surface area (TPSA) is 80.1 Å². The summed E-state index contributed by atoms with van der Waals surface area (Å²) in [4.78, 5) is 31.1. The summed E-state index contributed by atoms with van der Waals surface area (Å²) in [6, 6.07) is 12.8. The number of benzene rings is 2. The maximum absolute atomic E-state index is 14.1. The number of alkyl halides is 3. The lowest BCUT2D eigenvalue weighted by Crippen LogP contribution is -2.34. The van der Waals surface area contributed by atoms with E-state index < -0.39 is 23.3 Å². The van der Waals surface area contributed by atoms with E-state index in [9.17, 15) is 22.8 Å². The molecule has 0 saturated heterocycles. The van der Waals surface area contributed by atoms with Gasteiger partial charge in [0.15, 0.2) is 5.69 Å². The smallest absolute Gasteiger partial charge is 0.341 e. The van der Waals surface area contributed by atoms with Gasteiger partial charge in [0, 0.05) is 36.4 Å². The molecule has 2 aromatic carbocycles. The predicted octanol–water partition coefficient (Wildman–Crippen LogP) is 5.35. The van der Waals surface area contributed by atoms with Gasteiger partial charge < -0.3 is 10.2 Å². The molecule has 5 rings (SSSR count). The Hall–Kier alpha value is -4.21. The SMILES string of the molecule is CC.CN1CCc2ccc(NC(=O)c3cnn(-c4cccc5ncccc45)c3C(F)(F)F)cc2C1=O. The fourth-order valence-corrected chi connectivity index (χ4v) is 4.11. The Morgan fingerprint density at radius 2 is 1.86 bits per heavy atom. The van der Waals surface area contributed by atoms with Crippen LogP contribution in [0, 0.1) is 0 Å². The fourth-order valence-electron chi connectivity index (χ4n) is 4.11. The molecule has 0 unspecified atom stereocenters. The van der Waals surface area contributed by atoms with Gasteiger partial charge in [-0.05, 0) is 48.4 Å². The average molecular weight is 496 g/mol. The normalized spacial score (nSPS) is 13.2. The monoisotopic (exact) mass is 495 g/mol. The molecule has 2 amide bonds. The second-order valence-electron chi connectivity index (χ2n) is 7.97. The highest BCUT2D eigenvalue weighted by molar-refractivity contribution is 6.06. The number of likely N-dealkylation sites (N-methyl/N-ethyl adjacent to an activating group) is 1. The summed E-state index contributed by atoms with van der Waals surface area (Å²) in [5.41, 5.74) is 0.293. The third-order valence-electron chi connectivity index (χ3n) is 5.79. The number of amides is 2. The van der Waals surface area contributed by atoms with Crippen molar-refractivity contribution < 1.29 is 22.8 Å². The van der Waals surface area contributed by atoms with Crippen LogP contribution >= 0.6 is 0 Å². The number of halogens is 3. The summed E-state index contributed by atoms with van der Waals surface area (Å²) in [5.74, 6) is -1.18. The number of fused-ring (bicyclic) bond motifs is 2. The Morgan fingerprint density at radius 3 is 2.61 bits per heavy atom. The number of anilines is 1. The maximum Gasteiger partial charge on any atom is 0.434 e. The standard InChI is InChI=1S/C24H18F3N5O2.C2H6/c1-31-11-9-14-7-8-15(12-17(14)23(31)34)30-22(33)18-13-29-32(21(18)24(25,26)27)20-6-2-5-19-16(20)4-3-10-28-19;1-2/h2-8,10,12-13H,9,11H2,1H3,(H,30,33);1-2H3. The minimum Gasteiger partial charge on any atom is -0.341 e. The second kappa shape index (κ2) is 9.80. The maximum atomic E-state index is 14.1. The predicted molar refractivity (Wildman–Crippen MR) is 130 cm³/mol. The molecule has 10 heteroatoms. The van der Waals surface area contributed by atoms with Gasteiger partial charge in [-0.2, -0.15) is 18.3 Å². The molecule has 186 valence electrons. The first-order valence-corrected chi connectivity index (χ1v) is 11.4. The minimum atomic E-state index is -4.86. The summed E-state index contributed by atoms with van der Waals surface area (Å²) in [6.45, 7) is 4.58. The minimum absolute atomic E-state index is 0.152. The van der Waals surface area contributed by atoms with Crippen molar-refractivity contribution in [2.24, 2.45) is 0 Å². The van der Waals surface area contributed by atoms with Crippen LogP contribution in [0.1, 0.15) is 45.8 Å². The van der Waals surface area contributed by atoms with Crippen molar-refractivity contribution in [1.29, 1.82) is 0 Å². The number of nitrogens with one attached hydrogen (secondary N) is 1. The van der Waals surface area contributed by atoms with Crippen LogP contribution < -0.4 is 5.32 Å². The fraction of sp³-hybridized carbons (Fsp3) is 0.231. The van der Waals surface area contributed by atoms with Crippen LogP contribution in [-0.4, -0.2) is 45.1 Å². The number of nitrogens with zero attached hydrogens (tertiary/aromatic N) is 4. The van der Waals surface area contributed by atoms with E-state index in [4.69, 9.17) is 0 Å². The molecule has 3 heterocycles. The Kier molecular flexibility index (Phi) is 6.78. The molecule has 0 radical (unpaired) electrons. The van der Waals surface area contributed by atoms with Crippen molar-refractivity contribution in [2.45, 2.75) is 26.4 Å². The Balaban J connectivity index is 0.00000148. The van der Waals surface area contributed by atoms with E-state index in [0.29, 0.717) is 34.1 Å². The average Bonchev–Trinajstić information content (AvgIpc) is 3.33. The Morgan fingerprint density at radius 1 is 1.08 bits per heavy atom. The zero-order valence-corrected chi connectivity index (χ0v) is 19.9. The van der Waals surface area contributed by atoms with E-state index in [1.54, 1.807) is 54.5 Å². The zero-order chi connectivity index (χ0) is 26.0. The van der Waals surface area contributed by atoms with Gasteiger partial charge in [0.2, 0.25) is 0 Å². The van der Waals surface area contributed by atoms with E-state index in [0.717, 1.165) is 11.8 Å². The van der Waals surface area contributed by atoms with Gasteiger partial charge in [-0.15, -0.1) is 0 Å². The van der Waals surface area contributed by atoms with Gasteiger partial charge in [0.1, 0.15) is 0 Å². The van der Waals surface area contributed by atoms with Crippen molar-refractivity contribution in [3.8, 4) is 5.69 Å². The molecular weight excluding hydrogens is 471 g/mol. The first-order chi connectivity index (χ1) is 17.2. The van der Waals surface area contributed by atoms with Gasteiger partial charge >= 0.3 is 6.18 Å². The lowest BCUT2D eigenvalue weighted by Gasteiger charge is -2.25. The van der Waals surface area contributed by atoms with E-state index >= 15 is 0 Å². The van der Waals surface area contributed by atoms with Crippen molar-refractivity contribution in [2.75, 3.05) is 18.9 Å². The molecule has 7 nitrogen and oxygen atoms in total. The van der Waals surface area contributed by atoms with Gasteiger partial charge in [0.05, 0.1) is 23.0 Å². The highest BCUT2D eigenvalue weighted by Gasteiger charge is 2.41. The first-order valence-electron chi connectivity index (χ1n) is 11.4. The quantitative estimate of drug-likeness (QED) is 0.416. The van der Waals surface area contributed by atoms with Crippen molar-refractivity contribution in [1.82, 2.24) is 19.7 Å². The Bertz CT molecular complexity index is 1440. The molecule has 1 aliphatic heterocycles. The molecule has 0 aliphatic carbocycles. The van der Waals surface area contributed by atoms with E-state index in [1.165, 1.54) is 12.1 Å². The molecule has 36 heavy (non-hydrogen) atoms. The number of rotatable bonds is 3. The lowest BCUT2D eigenvalue weighted by molar-refractivity contribution is -0.143. The Labute approximate surface area is 205 Å². The molecular formula is C26H24F3N5O2. The number of pyridine rings is 1. The van der Waals surface area contributed by atoms with Crippen LogP contribution in [-0.2, 0) is 12.6 Å². The molecule has 4 aromatic rings. The third-order valence-corrected chi connectivity index (χ3v) is 5.79. The first kappa shape index (κ1) is 24.9. The van der Waals surface area contributed by atoms with Crippen LogP contribution in [0.25, 0.3) is 16.6 Å². The van der Waals surface area contributed by atoms with Crippen molar-refractivity contribution in [3.05, 3.63) is 83.3 Å². The number of hydrogen-bond acceptors (Lipinski definition) is 4. The number of hydrogen-bond donors (Lipinski definition) is 1. The highest BCUT2D eigenvalue weighted by atomic mass is 19.4. The summed E-state index contributed by atoms with van der Waals surface area (Å²) in [7, 11) is 1.67. The summed E-state index contributed by atoms with van der Waals surface area (Å²) >= 11 is 0. The molecule has 2 aromatic heterocycles. The largest absolute Gasteiger partial charge is 0.434 e. The lowest BCUT2D eigenvalue weighted by atomic mass is 9.98. The van der Waals surface area contributed by atoms with Crippen LogP contribution in [0.4, 0.5) is 18.9 Å². The molecule has 0 fully saturated rings. The molecule has 1 aliphatic rings. The van der Waals surface area contributed by atoms with Crippen LogP contribution in [0.15, 0.2) is 60.9 Å². The molecule has 0 spiro atoms. The number of aromatic nitrogens is 3. The van der Waals surface area contributed by atoms with Crippen LogP contribution in [0.5, 0.6) is 0 Å². The summed E-state index contributed by atoms with van der Waals surface area (Å²) in [5, 5.41) is 6.85.